The molecule has 0 aliphatic rings. The van der Waals surface area contributed by atoms with Crippen LogP contribution in [0, 0.1) is 12.8 Å². The van der Waals surface area contributed by atoms with Gasteiger partial charge in [0.05, 0.1) is 11.3 Å². The largest absolute Gasteiger partial charge is 0.340 e. The van der Waals surface area contributed by atoms with Gasteiger partial charge in [0.15, 0.2) is 0 Å². The Morgan fingerprint density at radius 1 is 0.719 bits per heavy atom. The highest BCUT2D eigenvalue weighted by Gasteiger charge is 2.26. The van der Waals surface area contributed by atoms with Crippen LogP contribution < -0.4 is 16.0 Å². The number of hydrogen-bond donors (Lipinski definition) is 3. The normalized spacial score (nSPS) is 11.5. The molecule has 32 heavy (non-hydrogen) atoms. The molecule has 1 atom stereocenters. The highest BCUT2D eigenvalue weighted by atomic mass is 16.2. The maximum Gasteiger partial charge on any atom is 0.255 e. The lowest BCUT2D eigenvalue weighted by atomic mass is 10.0. The Bertz CT molecular complexity index is 1090. The Hall–Kier alpha value is -3.93. The SMILES string of the molecule is Cc1ccc(NC(=O)[C@@H](NC(=O)c2ccccc2NC(=O)c2ccccc2)C(C)C)cc1. The van der Waals surface area contributed by atoms with Crippen molar-refractivity contribution in [2.75, 3.05) is 10.6 Å². The molecule has 0 unspecified atom stereocenters. The second-order valence-electron chi connectivity index (χ2n) is 7.92. The molecular formula is C26H27N3O3. The van der Waals surface area contributed by atoms with Crippen molar-refractivity contribution in [3.63, 3.8) is 0 Å². The molecule has 3 N–H and O–H groups in total. The van der Waals surface area contributed by atoms with E-state index in [1.165, 1.54) is 0 Å². The summed E-state index contributed by atoms with van der Waals surface area (Å²) in [5.41, 5.74) is 2.90. The number of carbonyl (C=O) groups is 3. The molecule has 0 radical (unpaired) electrons. The molecule has 3 amide bonds. The van der Waals surface area contributed by atoms with Gasteiger partial charge in [0.25, 0.3) is 11.8 Å². The number of nitrogens with one attached hydrogen (secondary N) is 3. The molecule has 0 saturated carbocycles. The van der Waals surface area contributed by atoms with Crippen LogP contribution in [0.1, 0.15) is 40.1 Å². The lowest BCUT2D eigenvalue weighted by Gasteiger charge is -2.22. The molecule has 164 valence electrons. The zero-order chi connectivity index (χ0) is 23.1. The Morgan fingerprint density at radius 3 is 2.00 bits per heavy atom. The Kier molecular flexibility index (Phi) is 7.39. The van der Waals surface area contributed by atoms with Gasteiger partial charge in [-0.25, -0.2) is 0 Å². The van der Waals surface area contributed by atoms with E-state index in [9.17, 15) is 14.4 Å². The van der Waals surface area contributed by atoms with E-state index in [0.717, 1.165) is 5.56 Å². The summed E-state index contributed by atoms with van der Waals surface area (Å²) < 4.78 is 0. The van der Waals surface area contributed by atoms with Crippen molar-refractivity contribution in [3.05, 3.63) is 95.6 Å². The van der Waals surface area contributed by atoms with Crippen LogP contribution in [0.5, 0.6) is 0 Å². The summed E-state index contributed by atoms with van der Waals surface area (Å²) in [5, 5.41) is 8.45. The van der Waals surface area contributed by atoms with Gasteiger partial charge in [-0.2, -0.15) is 0 Å². The molecule has 3 aromatic carbocycles. The third kappa shape index (κ3) is 5.82. The molecule has 0 spiro atoms. The van der Waals surface area contributed by atoms with Crippen molar-refractivity contribution in [1.82, 2.24) is 5.32 Å². The zero-order valence-corrected chi connectivity index (χ0v) is 18.4. The van der Waals surface area contributed by atoms with Crippen LogP contribution in [0.2, 0.25) is 0 Å². The first-order valence-electron chi connectivity index (χ1n) is 10.5. The highest BCUT2D eigenvalue weighted by molar-refractivity contribution is 6.10. The number of amides is 3. The van der Waals surface area contributed by atoms with E-state index in [-0.39, 0.29) is 23.3 Å². The number of carbonyl (C=O) groups excluding carboxylic acids is 3. The molecule has 0 aliphatic carbocycles. The fourth-order valence-electron chi connectivity index (χ4n) is 3.18. The third-order valence-corrected chi connectivity index (χ3v) is 5.01. The minimum Gasteiger partial charge on any atom is -0.340 e. The molecule has 0 heterocycles. The molecular weight excluding hydrogens is 402 g/mol. The molecule has 3 aromatic rings. The van der Waals surface area contributed by atoms with Crippen molar-refractivity contribution in [3.8, 4) is 0 Å². The second kappa shape index (κ2) is 10.4. The maximum absolute atomic E-state index is 13.1. The van der Waals surface area contributed by atoms with E-state index in [1.807, 2.05) is 51.1 Å². The van der Waals surface area contributed by atoms with Crippen molar-refractivity contribution in [1.29, 1.82) is 0 Å². The zero-order valence-electron chi connectivity index (χ0n) is 18.4. The molecule has 6 heteroatoms. The fourth-order valence-corrected chi connectivity index (χ4v) is 3.18. The van der Waals surface area contributed by atoms with Crippen LogP contribution in [0.25, 0.3) is 0 Å². The van der Waals surface area contributed by atoms with Gasteiger partial charge in [0.2, 0.25) is 5.91 Å². The molecule has 6 nitrogen and oxygen atoms in total. The van der Waals surface area contributed by atoms with E-state index in [2.05, 4.69) is 16.0 Å². The van der Waals surface area contributed by atoms with Crippen LogP contribution in [0.15, 0.2) is 78.9 Å². The Morgan fingerprint density at radius 2 is 1.34 bits per heavy atom. The predicted molar refractivity (Wildman–Crippen MR) is 127 cm³/mol. The van der Waals surface area contributed by atoms with E-state index >= 15 is 0 Å². The lowest BCUT2D eigenvalue weighted by molar-refractivity contribution is -0.118. The summed E-state index contributed by atoms with van der Waals surface area (Å²) in [4.78, 5) is 38.5. The standard InChI is InChI=1S/C26H27N3O3/c1-17(2)23(26(32)27-20-15-13-18(3)14-16-20)29-25(31)21-11-7-8-12-22(21)28-24(30)19-9-5-4-6-10-19/h4-17,23H,1-3H3,(H,27,32)(H,28,30)(H,29,31)/t23-/m0/s1. The van der Waals surface area contributed by atoms with E-state index in [0.29, 0.717) is 16.9 Å². The van der Waals surface area contributed by atoms with Gasteiger partial charge in [-0.05, 0) is 49.2 Å². The van der Waals surface area contributed by atoms with Gasteiger partial charge in [0.1, 0.15) is 6.04 Å². The summed E-state index contributed by atoms with van der Waals surface area (Å²) >= 11 is 0. The summed E-state index contributed by atoms with van der Waals surface area (Å²) in [6.07, 6.45) is 0. The molecule has 0 saturated heterocycles. The molecule has 0 bridgehead atoms. The van der Waals surface area contributed by atoms with Crippen molar-refractivity contribution in [2.24, 2.45) is 5.92 Å². The van der Waals surface area contributed by atoms with Crippen LogP contribution in [0.3, 0.4) is 0 Å². The van der Waals surface area contributed by atoms with Gasteiger partial charge < -0.3 is 16.0 Å². The summed E-state index contributed by atoms with van der Waals surface area (Å²) in [6, 6.07) is 22.2. The van der Waals surface area contributed by atoms with E-state index < -0.39 is 11.9 Å². The maximum atomic E-state index is 13.1. The monoisotopic (exact) mass is 429 g/mol. The number of para-hydroxylation sites is 1. The summed E-state index contributed by atoms with van der Waals surface area (Å²) in [5.74, 6) is -1.20. The smallest absolute Gasteiger partial charge is 0.255 e. The molecule has 0 fully saturated rings. The van der Waals surface area contributed by atoms with Crippen LogP contribution in [-0.4, -0.2) is 23.8 Å². The number of anilines is 2. The lowest BCUT2D eigenvalue weighted by Crippen LogP contribution is -2.47. The average molecular weight is 430 g/mol. The number of aryl methyl sites for hydroxylation is 1. The average Bonchev–Trinajstić information content (AvgIpc) is 2.79. The van der Waals surface area contributed by atoms with Gasteiger partial charge in [-0.1, -0.05) is 61.9 Å². The van der Waals surface area contributed by atoms with Crippen LogP contribution >= 0.6 is 0 Å². The fraction of sp³-hybridized carbons (Fsp3) is 0.192. The topological polar surface area (TPSA) is 87.3 Å². The second-order valence-corrected chi connectivity index (χ2v) is 7.92. The molecule has 3 rings (SSSR count). The quantitative estimate of drug-likeness (QED) is 0.511. The predicted octanol–water partition coefficient (Wildman–Crippen LogP) is 4.64. The number of rotatable bonds is 7. The van der Waals surface area contributed by atoms with Crippen molar-refractivity contribution in [2.45, 2.75) is 26.8 Å². The minimum absolute atomic E-state index is 0.143. The first-order chi connectivity index (χ1) is 15.3. The highest BCUT2D eigenvalue weighted by Crippen LogP contribution is 2.18. The Labute approximate surface area is 188 Å². The van der Waals surface area contributed by atoms with Gasteiger partial charge in [0, 0.05) is 11.3 Å². The van der Waals surface area contributed by atoms with Crippen molar-refractivity contribution < 1.29 is 14.4 Å². The minimum atomic E-state index is -0.748. The van der Waals surface area contributed by atoms with E-state index in [4.69, 9.17) is 0 Å². The van der Waals surface area contributed by atoms with Gasteiger partial charge in [-0.3, -0.25) is 14.4 Å². The molecule has 0 aliphatic heterocycles. The van der Waals surface area contributed by atoms with Gasteiger partial charge in [-0.15, -0.1) is 0 Å². The summed E-state index contributed by atoms with van der Waals surface area (Å²) in [6.45, 7) is 5.70. The summed E-state index contributed by atoms with van der Waals surface area (Å²) in [7, 11) is 0. The van der Waals surface area contributed by atoms with Crippen LogP contribution in [-0.2, 0) is 4.79 Å². The number of benzene rings is 3. The van der Waals surface area contributed by atoms with Gasteiger partial charge >= 0.3 is 0 Å². The number of hydrogen-bond acceptors (Lipinski definition) is 3. The first kappa shape index (κ1) is 22.7. The van der Waals surface area contributed by atoms with Crippen LogP contribution in [0.4, 0.5) is 11.4 Å². The van der Waals surface area contributed by atoms with E-state index in [1.54, 1.807) is 48.5 Å². The molecule has 0 aromatic heterocycles. The first-order valence-corrected chi connectivity index (χ1v) is 10.5. The Balaban J connectivity index is 1.75. The van der Waals surface area contributed by atoms with Crippen molar-refractivity contribution >= 4 is 29.1 Å². The third-order valence-electron chi connectivity index (χ3n) is 5.01.